The highest BCUT2D eigenvalue weighted by Crippen LogP contribution is 2.35. The Bertz CT molecular complexity index is 349. The lowest BCUT2D eigenvalue weighted by Gasteiger charge is -2.40. The smallest absolute Gasteiger partial charge is 0.329 e. The van der Waals surface area contributed by atoms with Crippen molar-refractivity contribution in [1.29, 1.82) is 0 Å². The molecule has 0 aliphatic heterocycles. The molecule has 4 nitrogen and oxygen atoms in total. The summed E-state index contributed by atoms with van der Waals surface area (Å²) in [6.07, 6.45) is 8.62. The van der Waals surface area contributed by atoms with Crippen LogP contribution in [-0.4, -0.2) is 22.5 Å². The van der Waals surface area contributed by atoms with Crippen molar-refractivity contribution in [1.82, 2.24) is 5.32 Å². The normalized spacial score (nSPS) is 32.8. The maximum atomic E-state index is 12.3. The van der Waals surface area contributed by atoms with Gasteiger partial charge in [0.15, 0.2) is 0 Å². The summed E-state index contributed by atoms with van der Waals surface area (Å²) < 4.78 is 0. The summed E-state index contributed by atoms with van der Waals surface area (Å²) in [5, 5.41) is 12.5. The topological polar surface area (TPSA) is 66.4 Å². The first kappa shape index (κ1) is 14.4. The average Bonchev–Trinajstić information content (AvgIpc) is 2.42. The number of amides is 1. The van der Waals surface area contributed by atoms with Crippen LogP contribution in [0.2, 0.25) is 0 Å². The number of carboxylic acid groups (broad SMARTS) is 1. The van der Waals surface area contributed by atoms with Gasteiger partial charge < -0.3 is 10.4 Å². The van der Waals surface area contributed by atoms with Crippen molar-refractivity contribution in [3.05, 3.63) is 0 Å². The number of hydrogen-bond acceptors (Lipinski definition) is 2. The minimum Gasteiger partial charge on any atom is -0.479 e. The fourth-order valence-electron chi connectivity index (χ4n) is 3.59. The van der Waals surface area contributed by atoms with E-state index in [-0.39, 0.29) is 17.7 Å². The molecule has 2 aliphatic rings. The number of carbonyl (C=O) groups excluding carboxylic acids is 1. The Kier molecular flexibility index (Phi) is 4.48. The molecule has 2 rings (SSSR count). The Morgan fingerprint density at radius 1 is 1.05 bits per heavy atom. The second-order valence-corrected chi connectivity index (χ2v) is 6.25. The van der Waals surface area contributed by atoms with E-state index in [4.69, 9.17) is 0 Å². The van der Waals surface area contributed by atoms with Crippen molar-refractivity contribution in [2.24, 2.45) is 11.8 Å². The molecular weight excluding hydrogens is 242 g/mol. The van der Waals surface area contributed by atoms with Gasteiger partial charge in [-0.2, -0.15) is 0 Å². The second-order valence-electron chi connectivity index (χ2n) is 6.25. The maximum Gasteiger partial charge on any atom is 0.329 e. The van der Waals surface area contributed by atoms with Crippen LogP contribution in [0.15, 0.2) is 0 Å². The molecule has 0 saturated heterocycles. The van der Waals surface area contributed by atoms with Gasteiger partial charge in [-0.15, -0.1) is 0 Å². The van der Waals surface area contributed by atoms with Gasteiger partial charge in [-0.3, -0.25) is 4.79 Å². The third-order valence-corrected chi connectivity index (χ3v) is 5.00. The highest BCUT2D eigenvalue weighted by molar-refractivity contribution is 5.88. The minimum atomic E-state index is -1.02. The molecule has 0 aromatic heterocycles. The molecule has 0 bridgehead atoms. The molecule has 2 unspecified atom stereocenters. The summed E-state index contributed by atoms with van der Waals surface area (Å²) in [5.74, 6) is -0.842. The fraction of sp³-hybridized carbons (Fsp3) is 0.867. The molecule has 19 heavy (non-hydrogen) atoms. The molecular formula is C15H25NO3. The van der Waals surface area contributed by atoms with Crippen molar-refractivity contribution < 1.29 is 14.7 Å². The molecule has 2 saturated carbocycles. The monoisotopic (exact) mass is 267 g/mol. The van der Waals surface area contributed by atoms with E-state index in [9.17, 15) is 14.7 Å². The zero-order valence-electron chi connectivity index (χ0n) is 11.8. The Labute approximate surface area is 115 Å². The van der Waals surface area contributed by atoms with Crippen LogP contribution in [0.5, 0.6) is 0 Å². The molecule has 1 amide bonds. The largest absolute Gasteiger partial charge is 0.479 e. The summed E-state index contributed by atoms with van der Waals surface area (Å²) in [7, 11) is 0. The van der Waals surface area contributed by atoms with Crippen LogP contribution in [0, 0.1) is 11.8 Å². The quantitative estimate of drug-likeness (QED) is 0.826. The Morgan fingerprint density at radius 2 is 1.68 bits per heavy atom. The first-order valence-corrected chi connectivity index (χ1v) is 7.61. The second kappa shape index (κ2) is 5.93. The summed E-state index contributed by atoms with van der Waals surface area (Å²) >= 11 is 0. The number of hydrogen-bond donors (Lipinski definition) is 2. The van der Waals surface area contributed by atoms with Crippen LogP contribution >= 0.6 is 0 Å². The number of carbonyl (C=O) groups is 2. The van der Waals surface area contributed by atoms with E-state index in [2.05, 4.69) is 5.32 Å². The Morgan fingerprint density at radius 3 is 2.26 bits per heavy atom. The molecule has 0 aromatic carbocycles. The van der Waals surface area contributed by atoms with E-state index in [0.717, 1.165) is 44.9 Å². The first-order chi connectivity index (χ1) is 9.06. The standard InChI is InChI=1S/C15H25NO3/c1-11-7-5-6-10-15(11,14(18)19)16-13(17)12-8-3-2-4-9-12/h11-12H,2-10H2,1H3,(H,16,17)(H,18,19). The van der Waals surface area contributed by atoms with Crippen LogP contribution in [0.3, 0.4) is 0 Å². The molecule has 108 valence electrons. The highest BCUT2D eigenvalue weighted by Gasteiger charge is 2.47. The zero-order valence-corrected chi connectivity index (χ0v) is 11.8. The van der Waals surface area contributed by atoms with Gasteiger partial charge in [0.05, 0.1) is 0 Å². The SMILES string of the molecule is CC1CCCCC1(NC(=O)C1CCCCC1)C(=O)O. The van der Waals surface area contributed by atoms with E-state index < -0.39 is 11.5 Å². The van der Waals surface area contributed by atoms with Gasteiger partial charge in [0.1, 0.15) is 5.54 Å². The van der Waals surface area contributed by atoms with E-state index in [1.54, 1.807) is 0 Å². The van der Waals surface area contributed by atoms with Crippen molar-refractivity contribution in [2.45, 2.75) is 70.3 Å². The average molecular weight is 267 g/mol. The molecule has 0 radical (unpaired) electrons. The number of aliphatic carboxylic acids is 1. The van der Waals surface area contributed by atoms with Crippen molar-refractivity contribution in [3.63, 3.8) is 0 Å². The van der Waals surface area contributed by atoms with Gasteiger partial charge in [0, 0.05) is 5.92 Å². The van der Waals surface area contributed by atoms with Crippen LogP contribution in [-0.2, 0) is 9.59 Å². The Hall–Kier alpha value is -1.06. The number of nitrogens with one attached hydrogen (secondary N) is 1. The summed E-state index contributed by atoms with van der Waals surface area (Å²) in [4.78, 5) is 24.0. The van der Waals surface area contributed by atoms with Gasteiger partial charge >= 0.3 is 5.97 Å². The van der Waals surface area contributed by atoms with Gasteiger partial charge in [0.2, 0.25) is 5.91 Å². The van der Waals surface area contributed by atoms with Crippen LogP contribution in [0.1, 0.15) is 64.7 Å². The summed E-state index contributed by atoms with van der Waals surface area (Å²) in [6, 6.07) is 0. The van der Waals surface area contributed by atoms with Crippen molar-refractivity contribution >= 4 is 11.9 Å². The summed E-state index contributed by atoms with van der Waals surface area (Å²) in [6.45, 7) is 1.95. The molecule has 2 aliphatic carbocycles. The third-order valence-electron chi connectivity index (χ3n) is 5.00. The number of carboxylic acids is 1. The Balaban J connectivity index is 2.07. The predicted octanol–water partition coefficient (Wildman–Crippen LogP) is 2.72. The third kappa shape index (κ3) is 2.93. The van der Waals surface area contributed by atoms with Crippen molar-refractivity contribution in [2.75, 3.05) is 0 Å². The highest BCUT2D eigenvalue weighted by atomic mass is 16.4. The van der Waals surface area contributed by atoms with E-state index >= 15 is 0 Å². The maximum absolute atomic E-state index is 12.3. The molecule has 0 heterocycles. The van der Waals surface area contributed by atoms with Crippen LogP contribution < -0.4 is 5.32 Å². The van der Waals surface area contributed by atoms with E-state index in [1.807, 2.05) is 6.92 Å². The number of rotatable bonds is 3. The van der Waals surface area contributed by atoms with E-state index in [1.165, 1.54) is 6.42 Å². The minimum absolute atomic E-state index is 0.0197. The van der Waals surface area contributed by atoms with Crippen LogP contribution in [0.4, 0.5) is 0 Å². The van der Waals surface area contributed by atoms with Gasteiger partial charge in [-0.1, -0.05) is 39.0 Å². The van der Waals surface area contributed by atoms with Gasteiger partial charge in [-0.05, 0) is 31.6 Å². The lowest BCUT2D eigenvalue weighted by Crippen LogP contribution is -2.61. The fourth-order valence-corrected chi connectivity index (χ4v) is 3.59. The zero-order chi connectivity index (χ0) is 13.9. The molecule has 0 aromatic rings. The first-order valence-electron chi connectivity index (χ1n) is 7.61. The predicted molar refractivity (Wildman–Crippen MR) is 72.7 cm³/mol. The van der Waals surface area contributed by atoms with Gasteiger partial charge in [-0.25, -0.2) is 4.79 Å². The van der Waals surface area contributed by atoms with E-state index in [0.29, 0.717) is 6.42 Å². The summed E-state index contributed by atoms with van der Waals surface area (Å²) in [5.41, 5.74) is -1.02. The van der Waals surface area contributed by atoms with Crippen LogP contribution in [0.25, 0.3) is 0 Å². The molecule has 2 fully saturated rings. The lowest BCUT2D eigenvalue weighted by molar-refractivity contribution is -0.152. The van der Waals surface area contributed by atoms with Gasteiger partial charge in [0.25, 0.3) is 0 Å². The molecule has 4 heteroatoms. The van der Waals surface area contributed by atoms with Crippen molar-refractivity contribution in [3.8, 4) is 0 Å². The molecule has 2 N–H and O–H groups in total. The molecule has 2 atom stereocenters. The lowest BCUT2D eigenvalue weighted by atomic mass is 9.73. The molecule has 0 spiro atoms.